The van der Waals surface area contributed by atoms with Crippen molar-refractivity contribution in [2.24, 2.45) is 0 Å². The van der Waals surface area contributed by atoms with Crippen molar-refractivity contribution in [2.45, 2.75) is 11.3 Å². The first kappa shape index (κ1) is 15.7. The van der Waals surface area contributed by atoms with Gasteiger partial charge in [-0.05, 0) is 18.2 Å². The molecule has 2 rings (SSSR count). The zero-order chi connectivity index (χ0) is 15.5. The molecule has 1 heterocycles. The third kappa shape index (κ3) is 3.72. The van der Waals surface area contributed by atoms with Crippen molar-refractivity contribution in [3.8, 4) is 0 Å². The Morgan fingerprint density at radius 2 is 2.14 bits per heavy atom. The lowest BCUT2D eigenvalue weighted by Crippen LogP contribution is -2.22. The summed E-state index contributed by atoms with van der Waals surface area (Å²) in [7, 11) is -0.472. The zero-order valence-electron chi connectivity index (χ0n) is 11.9. The van der Waals surface area contributed by atoms with Crippen LogP contribution in [0.15, 0.2) is 34.0 Å². The summed E-state index contributed by atoms with van der Waals surface area (Å²) in [5.74, 6) is 0. The van der Waals surface area contributed by atoms with Crippen molar-refractivity contribution < 1.29 is 8.42 Å². The van der Waals surface area contributed by atoms with E-state index < -0.39 is 10.0 Å². The first-order chi connectivity index (χ1) is 9.91. The number of thiazole rings is 1. The zero-order valence-corrected chi connectivity index (χ0v) is 13.5. The van der Waals surface area contributed by atoms with Crippen LogP contribution < -0.4 is 11.1 Å². The van der Waals surface area contributed by atoms with Gasteiger partial charge in [0.2, 0.25) is 10.0 Å². The Hall–Kier alpha value is -1.64. The average molecular weight is 326 g/mol. The third-order valence-electron chi connectivity index (χ3n) is 2.98. The van der Waals surface area contributed by atoms with Gasteiger partial charge in [0.05, 0.1) is 27.5 Å². The number of hydrogen-bond acceptors (Lipinski definition) is 6. The highest BCUT2D eigenvalue weighted by atomic mass is 32.2. The third-order valence-corrected chi connectivity index (χ3v) is 5.43. The molecular formula is C13H18N4O2S2. The molecular weight excluding hydrogens is 308 g/mol. The quantitative estimate of drug-likeness (QED) is 0.788. The lowest BCUT2D eigenvalue weighted by Gasteiger charge is -2.14. The molecule has 1 aromatic carbocycles. The first-order valence-electron chi connectivity index (χ1n) is 6.34. The second-order valence-electron chi connectivity index (χ2n) is 4.69. The number of nitrogens with one attached hydrogen (secondary N) is 1. The summed E-state index contributed by atoms with van der Waals surface area (Å²) in [6.45, 7) is 0.688. The summed E-state index contributed by atoms with van der Waals surface area (Å²) >= 11 is 1.56. The number of aromatic nitrogens is 1. The Morgan fingerprint density at radius 1 is 1.38 bits per heavy atom. The van der Waals surface area contributed by atoms with Gasteiger partial charge in [-0.2, -0.15) is 0 Å². The molecule has 0 radical (unpaired) electrons. The fourth-order valence-corrected chi connectivity index (χ4v) is 3.29. The number of rotatable bonds is 6. The van der Waals surface area contributed by atoms with Crippen molar-refractivity contribution >= 4 is 32.7 Å². The van der Waals surface area contributed by atoms with Gasteiger partial charge in [-0.25, -0.2) is 17.7 Å². The molecule has 0 fully saturated rings. The van der Waals surface area contributed by atoms with E-state index in [-0.39, 0.29) is 4.90 Å². The van der Waals surface area contributed by atoms with Gasteiger partial charge >= 0.3 is 0 Å². The Balaban J connectivity index is 2.06. The molecule has 0 unspecified atom stereocenters. The van der Waals surface area contributed by atoms with Gasteiger partial charge in [-0.15, -0.1) is 11.3 Å². The highest BCUT2D eigenvalue weighted by Gasteiger charge is 2.17. The van der Waals surface area contributed by atoms with Gasteiger partial charge in [0.25, 0.3) is 0 Å². The van der Waals surface area contributed by atoms with Crippen molar-refractivity contribution in [3.05, 3.63) is 34.8 Å². The lowest BCUT2D eigenvalue weighted by atomic mass is 10.2. The monoisotopic (exact) mass is 326 g/mol. The minimum atomic E-state index is -3.46. The van der Waals surface area contributed by atoms with E-state index in [4.69, 9.17) is 5.73 Å². The molecule has 6 nitrogen and oxygen atoms in total. The van der Waals surface area contributed by atoms with Gasteiger partial charge < -0.3 is 11.1 Å². The van der Waals surface area contributed by atoms with E-state index in [0.29, 0.717) is 12.2 Å². The van der Waals surface area contributed by atoms with E-state index in [1.54, 1.807) is 29.0 Å². The molecule has 114 valence electrons. The number of nitrogens with zero attached hydrogens (tertiary/aromatic N) is 2. The smallest absolute Gasteiger partial charge is 0.242 e. The minimum absolute atomic E-state index is 0.190. The molecule has 3 N–H and O–H groups in total. The molecule has 0 aliphatic rings. The Bertz CT molecular complexity index is 697. The first-order valence-corrected chi connectivity index (χ1v) is 8.72. The van der Waals surface area contributed by atoms with Crippen molar-refractivity contribution in [2.75, 3.05) is 31.7 Å². The topological polar surface area (TPSA) is 88.3 Å². The molecule has 0 saturated carbocycles. The summed E-state index contributed by atoms with van der Waals surface area (Å²) in [6.07, 6.45) is 0.792. The van der Waals surface area contributed by atoms with Crippen LogP contribution in [0.4, 0.5) is 11.4 Å². The molecule has 0 amide bonds. The maximum atomic E-state index is 12.0. The van der Waals surface area contributed by atoms with Gasteiger partial charge in [-0.3, -0.25) is 0 Å². The molecule has 8 heteroatoms. The number of anilines is 2. The maximum Gasteiger partial charge on any atom is 0.242 e. The SMILES string of the molecule is CN(C)S(=O)(=O)c1ccc(NCCc2cscn2)c(N)c1. The molecule has 1 aromatic heterocycles. The number of nitrogens with two attached hydrogens (primary N) is 1. The van der Waals surface area contributed by atoms with Crippen LogP contribution >= 0.6 is 11.3 Å². The molecule has 21 heavy (non-hydrogen) atoms. The second kappa shape index (κ2) is 6.42. The lowest BCUT2D eigenvalue weighted by molar-refractivity contribution is 0.521. The fourth-order valence-electron chi connectivity index (χ4n) is 1.76. The highest BCUT2D eigenvalue weighted by molar-refractivity contribution is 7.89. The Morgan fingerprint density at radius 3 is 2.71 bits per heavy atom. The maximum absolute atomic E-state index is 12.0. The summed E-state index contributed by atoms with van der Waals surface area (Å²) in [4.78, 5) is 4.39. The van der Waals surface area contributed by atoms with Gasteiger partial charge in [-0.1, -0.05) is 0 Å². The molecule has 0 aliphatic heterocycles. The van der Waals surface area contributed by atoms with Crippen LogP contribution in [0.5, 0.6) is 0 Å². The summed E-state index contributed by atoms with van der Waals surface area (Å²) < 4.78 is 25.2. The van der Waals surface area contributed by atoms with Crippen LogP contribution in [0, 0.1) is 0 Å². The Kier molecular flexibility index (Phi) is 4.81. The van der Waals surface area contributed by atoms with E-state index in [1.165, 1.54) is 20.2 Å². The van der Waals surface area contributed by atoms with Crippen LogP contribution in [0.3, 0.4) is 0 Å². The molecule has 0 saturated heterocycles. The number of hydrogen-bond donors (Lipinski definition) is 2. The second-order valence-corrected chi connectivity index (χ2v) is 7.56. The van der Waals surface area contributed by atoms with Crippen LogP contribution in [0.1, 0.15) is 5.69 Å². The van der Waals surface area contributed by atoms with E-state index >= 15 is 0 Å². The highest BCUT2D eigenvalue weighted by Crippen LogP contribution is 2.23. The molecule has 0 spiro atoms. The fraction of sp³-hybridized carbons (Fsp3) is 0.308. The van der Waals surface area contributed by atoms with E-state index in [2.05, 4.69) is 10.3 Å². The largest absolute Gasteiger partial charge is 0.397 e. The van der Waals surface area contributed by atoms with E-state index in [9.17, 15) is 8.42 Å². The summed E-state index contributed by atoms with van der Waals surface area (Å²) in [5.41, 5.74) is 9.88. The molecule has 2 aromatic rings. The predicted molar refractivity (Wildman–Crippen MR) is 86.0 cm³/mol. The van der Waals surface area contributed by atoms with Crippen LogP contribution in [-0.4, -0.2) is 38.3 Å². The predicted octanol–water partition coefficient (Wildman–Crippen LogP) is 1.63. The summed E-state index contributed by atoms with van der Waals surface area (Å²) in [5, 5.41) is 5.19. The van der Waals surface area contributed by atoms with Gasteiger partial charge in [0.1, 0.15) is 0 Å². The number of nitrogen functional groups attached to an aromatic ring is 1. The van der Waals surface area contributed by atoms with Crippen LogP contribution in [-0.2, 0) is 16.4 Å². The van der Waals surface area contributed by atoms with Gasteiger partial charge in [0, 0.05) is 32.4 Å². The standard InChI is InChI=1S/C13H18N4O2S2/c1-17(2)21(18,19)11-3-4-13(12(14)7-11)15-6-5-10-8-20-9-16-10/h3-4,7-9,15H,5-6,14H2,1-2H3. The summed E-state index contributed by atoms with van der Waals surface area (Å²) in [6, 6.07) is 4.71. The number of sulfonamides is 1. The van der Waals surface area contributed by atoms with E-state index in [1.807, 2.05) is 5.38 Å². The minimum Gasteiger partial charge on any atom is -0.397 e. The number of benzene rings is 1. The van der Waals surface area contributed by atoms with Crippen molar-refractivity contribution in [3.63, 3.8) is 0 Å². The molecule has 0 aliphatic carbocycles. The Labute approximate surface area is 128 Å². The van der Waals surface area contributed by atoms with Crippen molar-refractivity contribution in [1.82, 2.24) is 9.29 Å². The average Bonchev–Trinajstić information content (AvgIpc) is 2.93. The molecule has 0 atom stereocenters. The van der Waals surface area contributed by atoms with Crippen LogP contribution in [0.25, 0.3) is 0 Å². The van der Waals surface area contributed by atoms with E-state index in [0.717, 1.165) is 22.1 Å². The van der Waals surface area contributed by atoms with Crippen molar-refractivity contribution in [1.29, 1.82) is 0 Å². The normalized spacial score (nSPS) is 11.8. The van der Waals surface area contributed by atoms with Crippen LogP contribution in [0.2, 0.25) is 0 Å². The van der Waals surface area contributed by atoms with Gasteiger partial charge in [0.15, 0.2) is 0 Å². The molecule has 0 bridgehead atoms.